The van der Waals surface area contributed by atoms with E-state index in [0.717, 1.165) is 34.7 Å². The van der Waals surface area contributed by atoms with Crippen LogP contribution in [0.15, 0.2) is 58.4 Å². The van der Waals surface area contributed by atoms with Gasteiger partial charge < -0.3 is 15.2 Å². The molecule has 118 valence electrons. The Morgan fingerprint density at radius 1 is 1.17 bits per heavy atom. The topological polar surface area (TPSA) is 75.3 Å². The van der Waals surface area contributed by atoms with Crippen molar-refractivity contribution in [1.29, 1.82) is 0 Å². The zero-order valence-corrected chi connectivity index (χ0v) is 13.0. The van der Waals surface area contributed by atoms with Crippen LogP contribution in [0.25, 0.3) is 10.9 Å². The first-order valence-electron chi connectivity index (χ1n) is 7.61. The highest BCUT2D eigenvalue weighted by molar-refractivity contribution is 5.83. The van der Waals surface area contributed by atoms with E-state index in [1.54, 1.807) is 6.26 Å². The largest absolute Gasteiger partial charge is 0.364 e. The van der Waals surface area contributed by atoms with E-state index in [4.69, 9.17) is 4.52 Å². The van der Waals surface area contributed by atoms with E-state index in [0.29, 0.717) is 13.1 Å². The maximum atomic E-state index is 4.83. The molecule has 0 aliphatic heterocycles. The fourth-order valence-electron chi connectivity index (χ4n) is 2.30. The van der Waals surface area contributed by atoms with Crippen LogP contribution in [0.4, 0.5) is 0 Å². The zero-order valence-electron chi connectivity index (χ0n) is 13.0. The Balaban J connectivity index is 1.74. The number of fused-ring (bicyclic) bond motifs is 1. The van der Waals surface area contributed by atoms with Gasteiger partial charge in [-0.2, -0.15) is 0 Å². The van der Waals surface area contributed by atoms with Crippen molar-refractivity contribution >= 4 is 16.9 Å². The highest BCUT2D eigenvalue weighted by Gasteiger charge is 2.03. The Morgan fingerprint density at radius 2 is 2.09 bits per heavy atom. The molecule has 2 aromatic heterocycles. The van der Waals surface area contributed by atoms with Gasteiger partial charge in [-0.05, 0) is 24.6 Å². The van der Waals surface area contributed by atoms with Gasteiger partial charge in [-0.3, -0.25) is 4.98 Å². The molecular formula is C17H19N5O. The summed E-state index contributed by atoms with van der Waals surface area (Å²) in [4.78, 5) is 9.02. The number of nitrogens with zero attached hydrogens (tertiary/aromatic N) is 3. The minimum absolute atomic E-state index is 0.569. The van der Waals surface area contributed by atoms with E-state index >= 15 is 0 Å². The van der Waals surface area contributed by atoms with Crippen LogP contribution in [0.3, 0.4) is 0 Å². The number of rotatable bonds is 5. The van der Waals surface area contributed by atoms with Gasteiger partial charge in [0.05, 0.1) is 18.6 Å². The number of nitrogens with one attached hydrogen (secondary N) is 2. The molecule has 2 heterocycles. The molecule has 0 saturated carbocycles. The molecule has 0 fully saturated rings. The number of hydrogen-bond acceptors (Lipinski definition) is 4. The van der Waals surface area contributed by atoms with E-state index in [1.165, 1.54) is 0 Å². The fraction of sp³-hybridized carbons (Fsp3) is 0.235. The summed E-state index contributed by atoms with van der Waals surface area (Å²) >= 11 is 0. The van der Waals surface area contributed by atoms with Gasteiger partial charge in [0.15, 0.2) is 5.96 Å². The van der Waals surface area contributed by atoms with Crippen molar-refractivity contribution < 1.29 is 4.52 Å². The Hall–Kier alpha value is -2.89. The summed E-state index contributed by atoms with van der Waals surface area (Å²) < 4.78 is 4.83. The summed E-state index contributed by atoms with van der Waals surface area (Å²) in [6.07, 6.45) is 3.38. The van der Waals surface area contributed by atoms with Gasteiger partial charge in [-0.25, -0.2) is 4.99 Å². The Morgan fingerprint density at radius 3 is 2.91 bits per heavy atom. The molecule has 1 aromatic carbocycles. The van der Waals surface area contributed by atoms with Crippen LogP contribution in [0.5, 0.6) is 0 Å². The van der Waals surface area contributed by atoms with Crippen molar-refractivity contribution in [3.05, 3.63) is 60.1 Å². The van der Waals surface area contributed by atoms with Crippen LogP contribution in [0.2, 0.25) is 0 Å². The van der Waals surface area contributed by atoms with E-state index < -0.39 is 0 Å². The van der Waals surface area contributed by atoms with Gasteiger partial charge in [-0.15, -0.1) is 0 Å². The van der Waals surface area contributed by atoms with Crippen LogP contribution >= 0.6 is 0 Å². The first-order chi connectivity index (χ1) is 11.4. The molecular weight excluding hydrogens is 290 g/mol. The molecule has 23 heavy (non-hydrogen) atoms. The third-order valence-electron chi connectivity index (χ3n) is 3.42. The maximum Gasteiger partial charge on any atom is 0.191 e. The SMILES string of the molecule is CCNC(=NCc1ccnc2ccccc12)NCc1ccon1. The van der Waals surface area contributed by atoms with Crippen LogP contribution in [-0.4, -0.2) is 22.6 Å². The second-order valence-electron chi connectivity index (χ2n) is 5.03. The highest BCUT2D eigenvalue weighted by Crippen LogP contribution is 2.16. The van der Waals surface area contributed by atoms with E-state index in [1.807, 2.05) is 43.5 Å². The predicted octanol–water partition coefficient (Wildman–Crippen LogP) is 2.48. The summed E-state index contributed by atoms with van der Waals surface area (Å²) in [5.74, 6) is 0.747. The standard InChI is InChI=1S/C17H19N5O/c1-2-18-17(21-12-14-8-10-23-22-14)20-11-13-7-9-19-16-6-4-3-5-15(13)16/h3-10H,2,11-12H2,1H3,(H2,18,20,21). The summed E-state index contributed by atoms with van der Waals surface area (Å²) in [5, 5.41) is 11.5. The average molecular weight is 309 g/mol. The molecule has 6 heteroatoms. The molecule has 3 rings (SSSR count). The average Bonchev–Trinajstić information content (AvgIpc) is 3.11. The smallest absolute Gasteiger partial charge is 0.191 e. The van der Waals surface area contributed by atoms with Crippen molar-refractivity contribution in [2.75, 3.05) is 6.54 Å². The molecule has 0 aliphatic carbocycles. The quantitative estimate of drug-likeness (QED) is 0.559. The first-order valence-corrected chi connectivity index (χ1v) is 7.61. The van der Waals surface area contributed by atoms with Crippen LogP contribution in [0, 0.1) is 0 Å². The van der Waals surface area contributed by atoms with Gasteiger partial charge in [-0.1, -0.05) is 23.4 Å². The number of para-hydroxylation sites is 1. The molecule has 0 saturated heterocycles. The van der Waals surface area contributed by atoms with E-state index in [2.05, 4.69) is 31.8 Å². The Labute approximate surface area is 134 Å². The van der Waals surface area contributed by atoms with Crippen molar-refractivity contribution in [3.8, 4) is 0 Å². The number of aliphatic imine (C=N–C) groups is 1. The van der Waals surface area contributed by atoms with Crippen molar-refractivity contribution in [1.82, 2.24) is 20.8 Å². The molecule has 0 aliphatic rings. The number of aromatic nitrogens is 2. The number of hydrogen-bond donors (Lipinski definition) is 2. The number of benzene rings is 1. The minimum atomic E-state index is 0.569. The molecule has 6 nitrogen and oxygen atoms in total. The van der Waals surface area contributed by atoms with Gasteiger partial charge in [0, 0.05) is 24.2 Å². The Bertz CT molecular complexity index is 777. The summed E-state index contributed by atoms with van der Waals surface area (Å²) in [6, 6.07) is 11.9. The molecule has 0 amide bonds. The third-order valence-corrected chi connectivity index (χ3v) is 3.42. The molecule has 0 atom stereocenters. The monoisotopic (exact) mass is 309 g/mol. The zero-order chi connectivity index (χ0) is 15.9. The lowest BCUT2D eigenvalue weighted by atomic mass is 10.1. The second-order valence-corrected chi connectivity index (χ2v) is 5.03. The van der Waals surface area contributed by atoms with Crippen molar-refractivity contribution in [2.45, 2.75) is 20.0 Å². The maximum absolute atomic E-state index is 4.83. The lowest BCUT2D eigenvalue weighted by molar-refractivity contribution is 0.410. The second kappa shape index (κ2) is 7.40. The van der Waals surface area contributed by atoms with Crippen molar-refractivity contribution in [3.63, 3.8) is 0 Å². The molecule has 0 spiro atoms. The molecule has 2 N–H and O–H groups in total. The minimum Gasteiger partial charge on any atom is -0.364 e. The summed E-state index contributed by atoms with van der Waals surface area (Å²) in [7, 11) is 0. The van der Waals surface area contributed by atoms with E-state index in [-0.39, 0.29) is 0 Å². The van der Waals surface area contributed by atoms with Crippen LogP contribution in [-0.2, 0) is 13.1 Å². The normalized spacial score (nSPS) is 11.6. The van der Waals surface area contributed by atoms with Gasteiger partial charge in [0.25, 0.3) is 0 Å². The number of pyridine rings is 1. The number of guanidine groups is 1. The predicted molar refractivity (Wildman–Crippen MR) is 89.9 cm³/mol. The Kier molecular flexibility index (Phi) is 4.83. The lowest BCUT2D eigenvalue weighted by Crippen LogP contribution is -2.36. The molecule has 0 bridgehead atoms. The van der Waals surface area contributed by atoms with E-state index in [9.17, 15) is 0 Å². The van der Waals surface area contributed by atoms with Gasteiger partial charge >= 0.3 is 0 Å². The van der Waals surface area contributed by atoms with Crippen LogP contribution in [0.1, 0.15) is 18.2 Å². The third kappa shape index (κ3) is 3.85. The van der Waals surface area contributed by atoms with Crippen LogP contribution < -0.4 is 10.6 Å². The van der Waals surface area contributed by atoms with Crippen molar-refractivity contribution in [2.24, 2.45) is 4.99 Å². The van der Waals surface area contributed by atoms with Gasteiger partial charge in [0.2, 0.25) is 0 Å². The molecule has 3 aromatic rings. The lowest BCUT2D eigenvalue weighted by Gasteiger charge is -2.10. The highest BCUT2D eigenvalue weighted by atomic mass is 16.5. The molecule has 0 unspecified atom stereocenters. The molecule has 0 radical (unpaired) electrons. The first kappa shape index (κ1) is 15.0. The van der Waals surface area contributed by atoms with Gasteiger partial charge in [0.1, 0.15) is 12.0 Å². The summed E-state index contributed by atoms with van der Waals surface area (Å²) in [6.45, 7) is 3.98. The summed E-state index contributed by atoms with van der Waals surface area (Å²) in [5.41, 5.74) is 2.97. The fourth-order valence-corrected chi connectivity index (χ4v) is 2.30.